The number of aromatic nitrogens is 2. The van der Waals surface area contributed by atoms with Crippen LogP contribution in [0.25, 0.3) is 16.9 Å². The van der Waals surface area contributed by atoms with Gasteiger partial charge in [0.25, 0.3) is 5.91 Å². The molecule has 188 valence electrons. The standard InChI is InChI=1S/C30H31N5O2/c1-22-12-14-23(15-13-22)30-25(20-34(32-30)24-9-4-2-5-10-24)27-19-26(28-11-8-18-37-28)31-35(27)29(36)21-33-16-6-3-7-17-33/h2,4-5,8-15,18,20,27H,3,6-7,16-17,19,21H2,1H3. The summed E-state index contributed by atoms with van der Waals surface area (Å²) in [6.07, 6.45) is 7.78. The van der Waals surface area contributed by atoms with Crippen molar-refractivity contribution >= 4 is 11.6 Å². The molecule has 0 spiro atoms. The van der Waals surface area contributed by atoms with Gasteiger partial charge in [-0.25, -0.2) is 9.69 Å². The molecule has 2 aromatic carbocycles. The van der Waals surface area contributed by atoms with E-state index in [0.29, 0.717) is 18.7 Å². The van der Waals surface area contributed by atoms with Crippen LogP contribution in [-0.4, -0.2) is 50.9 Å². The first-order valence-corrected chi connectivity index (χ1v) is 13.0. The Morgan fingerprint density at radius 3 is 2.49 bits per heavy atom. The molecule has 2 aliphatic rings. The maximum absolute atomic E-state index is 13.7. The maximum atomic E-state index is 13.7. The zero-order chi connectivity index (χ0) is 25.2. The van der Waals surface area contributed by atoms with E-state index in [1.165, 1.54) is 12.0 Å². The molecule has 0 bridgehead atoms. The Bertz CT molecular complexity index is 1380. The molecule has 0 saturated carbocycles. The molecule has 1 saturated heterocycles. The molecule has 1 amide bonds. The van der Waals surface area contributed by atoms with E-state index in [1.807, 2.05) is 47.1 Å². The third kappa shape index (κ3) is 4.87. The molecule has 0 N–H and O–H groups in total. The summed E-state index contributed by atoms with van der Waals surface area (Å²) in [5.74, 6) is 0.710. The quantitative estimate of drug-likeness (QED) is 0.350. The second kappa shape index (κ2) is 10.2. The molecule has 6 rings (SSSR count). The zero-order valence-corrected chi connectivity index (χ0v) is 21.1. The first kappa shape index (κ1) is 23.4. The summed E-state index contributed by atoms with van der Waals surface area (Å²) < 4.78 is 7.59. The predicted molar refractivity (Wildman–Crippen MR) is 143 cm³/mol. The Labute approximate surface area is 217 Å². The Hall–Kier alpha value is -3.97. The number of hydrogen-bond acceptors (Lipinski definition) is 5. The molecule has 1 fully saturated rings. The zero-order valence-electron chi connectivity index (χ0n) is 21.1. The van der Waals surface area contributed by atoms with Gasteiger partial charge in [0.05, 0.1) is 30.2 Å². The number of benzene rings is 2. The minimum absolute atomic E-state index is 0.00998. The molecule has 4 heterocycles. The molecular weight excluding hydrogens is 462 g/mol. The van der Waals surface area contributed by atoms with Gasteiger partial charge in [-0.05, 0) is 57.1 Å². The van der Waals surface area contributed by atoms with Gasteiger partial charge in [-0.2, -0.15) is 10.2 Å². The van der Waals surface area contributed by atoms with Crippen LogP contribution in [0.2, 0.25) is 0 Å². The van der Waals surface area contributed by atoms with Crippen molar-refractivity contribution in [3.63, 3.8) is 0 Å². The van der Waals surface area contributed by atoms with Gasteiger partial charge in [-0.15, -0.1) is 0 Å². The Morgan fingerprint density at radius 1 is 0.973 bits per heavy atom. The van der Waals surface area contributed by atoms with Crippen LogP contribution in [0.15, 0.2) is 88.7 Å². The fourth-order valence-corrected chi connectivity index (χ4v) is 5.24. The Morgan fingerprint density at radius 2 is 1.76 bits per heavy atom. The SMILES string of the molecule is Cc1ccc(-c2nn(-c3ccccc3)cc2C2CC(c3ccco3)=NN2C(=O)CN2CCCCC2)cc1. The lowest BCUT2D eigenvalue weighted by atomic mass is 9.97. The van der Waals surface area contributed by atoms with E-state index in [2.05, 4.69) is 42.3 Å². The molecule has 37 heavy (non-hydrogen) atoms. The number of nitrogens with zero attached hydrogens (tertiary/aromatic N) is 5. The summed E-state index contributed by atoms with van der Waals surface area (Å²) in [6, 6.07) is 22.0. The molecule has 0 aliphatic carbocycles. The number of hydrogen-bond donors (Lipinski definition) is 0. The lowest BCUT2D eigenvalue weighted by Gasteiger charge is -2.29. The first-order chi connectivity index (χ1) is 18.2. The highest BCUT2D eigenvalue weighted by Gasteiger charge is 2.37. The summed E-state index contributed by atoms with van der Waals surface area (Å²) in [4.78, 5) is 15.9. The van der Waals surface area contributed by atoms with Gasteiger partial charge >= 0.3 is 0 Å². The molecule has 4 aromatic rings. The van der Waals surface area contributed by atoms with E-state index >= 15 is 0 Å². The second-order valence-corrected chi connectivity index (χ2v) is 9.90. The van der Waals surface area contributed by atoms with E-state index in [-0.39, 0.29) is 11.9 Å². The van der Waals surface area contributed by atoms with Gasteiger partial charge in [0.1, 0.15) is 11.5 Å². The Kier molecular flexibility index (Phi) is 6.45. The molecule has 7 nitrogen and oxygen atoms in total. The highest BCUT2D eigenvalue weighted by molar-refractivity contribution is 6.01. The number of carbonyl (C=O) groups excluding carboxylic acids is 1. The molecule has 7 heteroatoms. The van der Waals surface area contributed by atoms with Gasteiger partial charge < -0.3 is 4.42 Å². The topological polar surface area (TPSA) is 66.9 Å². The first-order valence-electron chi connectivity index (χ1n) is 13.0. The fraction of sp³-hybridized carbons (Fsp3) is 0.300. The van der Waals surface area contributed by atoms with Crippen LogP contribution in [0, 0.1) is 6.92 Å². The second-order valence-electron chi connectivity index (χ2n) is 9.90. The summed E-state index contributed by atoms with van der Waals surface area (Å²) >= 11 is 0. The van der Waals surface area contributed by atoms with Crippen molar-refractivity contribution in [1.29, 1.82) is 0 Å². The van der Waals surface area contributed by atoms with Gasteiger partial charge in [0.2, 0.25) is 0 Å². The van der Waals surface area contributed by atoms with Crippen molar-refractivity contribution < 1.29 is 9.21 Å². The van der Waals surface area contributed by atoms with Crippen molar-refractivity contribution in [2.75, 3.05) is 19.6 Å². The van der Waals surface area contributed by atoms with Gasteiger partial charge in [-0.1, -0.05) is 54.4 Å². The number of hydrazone groups is 1. The van der Waals surface area contributed by atoms with Crippen LogP contribution >= 0.6 is 0 Å². The largest absolute Gasteiger partial charge is 0.463 e. The minimum Gasteiger partial charge on any atom is -0.463 e. The van der Waals surface area contributed by atoms with E-state index in [9.17, 15) is 4.79 Å². The number of furan rings is 1. The van der Waals surface area contributed by atoms with Crippen molar-refractivity contribution in [3.05, 3.63) is 96.1 Å². The molecule has 2 aromatic heterocycles. The van der Waals surface area contributed by atoms with Crippen molar-refractivity contribution in [3.8, 4) is 16.9 Å². The van der Waals surface area contributed by atoms with Crippen molar-refractivity contribution in [1.82, 2.24) is 19.7 Å². The summed E-state index contributed by atoms with van der Waals surface area (Å²) in [5, 5.41) is 11.5. The molecular formula is C30H31N5O2. The molecule has 0 radical (unpaired) electrons. The summed E-state index contributed by atoms with van der Waals surface area (Å²) in [6.45, 7) is 4.37. The minimum atomic E-state index is -0.272. The molecule has 1 atom stereocenters. The number of para-hydroxylation sites is 1. The highest BCUT2D eigenvalue weighted by atomic mass is 16.3. The molecule has 1 unspecified atom stereocenters. The average molecular weight is 494 g/mol. The van der Waals surface area contributed by atoms with Crippen LogP contribution < -0.4 is 0 Å². The lowest BCUT2D eigenvalue weighted by molar-refractivity contribution is -0.134. The number of carbonyl (C=O) groups is 1. The van der Waals surface area contributed by atoms with Crippen LogP contribution in [-0.2, 0) is 4.79 Å². The van der Waals surface area contributed by atoms with Gasteiger partial charge in [-0.3, -0.25) is 9.69 Å². The van der Waals surface area contributed by atoms with Crippen LogP contribution in [0.4, 0.5) is 0 Å². The van der Waals surface area contributed by atoms with E-state index in [4.69, 9.17) is 14.6 Å². The predicted octanol–water partition coefficient (Wildman–Crippen LogP) is 5.60. The summed E-state index contributed by atoms with van der Waals surface area (Å²) in [5.41, 5.74) is 5.80. The van der Waals surface area contributed by atoms with Crippen molar-refractivity contribution in [2.24, 2.45) is 5.10 Å². The van der Waals surface area contributed by atoms with Gasteiger partial charge in [0.15, 0.2) is 0 Å². The van der Waals surface area contributed by atoms with Crippen LogP contribution in [0.1, 0.15) is 48.6 Å². The fourth-order valence-electron chi connectivity index (χ4n) is 5.24. The molecule has 2 aliphatic heterocycles. The maximum Gasteiger partial charge on any atom is 0.257 e. The third-order valence-electron chi connectivity index (χ3n) is 7.23. The van der Waals surface area contributed by atoms with Gasteiger partial charge in [0, 0.05) is 23.7 Å². The van der Waals surface area contributed by atoms with E-state index in [0.717, 1.165) is 54.2 Å². The number of aryl methyl sites for hydroxylation is 1. The lowest BCUT2D eigenvalue weighted by Crippen LogP contribution is -2.40. The van der Waals surface area contributed by atoms with Crippen LogP contribution in [0.3, 0.4) is 0 Å². The monoisotopic (exact) mass is 493 g/mol. The number of amides is 1. The van der Waals surface area contributed by atoms with E-state index in [1.54, 1.807) is 11.3 Å². The third-order valence-corrected chi connectivity index (χ3v) is 7.23. The highest BCUT2D eigenvalue weighted by Crippen LogP contribution is 2.38. The van der Waals surface area contributed by atoms with Crippen LogP contribution in [0.5, 0.6) is 0 Å². The Balaban J connectivity index is 1.41. The number of likely N-dealkylation sites (tertiary alicyclic amines) is 1. The van der Waals surface area contributed by atoms with E-state index < -0.39 is 0 Å². The average Bonchev–Trinajstić information content (AvgIpc) is 3.70. The smallest absolute Gasteiger partial charge is 0.257 e. The van der Waals surface area contributed by atoms with Crippen molar-refractivity contribution in [2.45, 2.75) is 38.6 Å². The summed E-state index contributed by atoms with van der Waals surface area (Å²) in [7, 11) is 0. The number of rotatable bonds is 6. The normalized spacial score (nSPS) is 18.2. The number of piperidine rings is 1.